The van der Waals surface area contributed by atoms with Crippen LogP contribution >= 0.6 is 11.3 Å². The van der Waals surface area contributed by atoms with Gasteiger partial charge < -0.3 is 11.1 Å². The number of benzene rings is 1. The van der Waals surface area contributed by atoms with Crippen LogP contribution in [0.5, 0.6) is 0 Å². The Hall–Kier alpha value is -2.41. The maximum absolute atomic E-state index is 12.1. The summed E-state index contributed by atoms with van der Waals surface area (Å²) >= 11 is 1.36. The lowest BCUT2D eigenvalue weighted by Gasteiger charge is -2.01. The average Bonchev–Trinajstić information content (AvgIpc) is 2.93. The lowest BCUT2D eigenvalue weighted by atomic mass is 10.2. The zero-order valence-electron chi connectivity index (χ0n) is 10.1. The summed E-state index contributed by atoms with van der Waals surface area (Å²) in [5.74, 6) is 0.298. The molecule has 1 aromatic carbocycles. The van der Waals surface area contributed by atoms with E-state index in [0.717, 1.165) is 15.9 Å². The second-order valence-corrected chi connectivity index (χ2v) is 5.19. The summed E-state index contributed by atoms with van der Waals surface area (Å²) in [4.78, 5) is 16.2. The third-order valence-electron chi connectivity index (χ3n) is 2.61. The molecule has 0 bridgehead atoms. The SMILES string of the molecule is Cc1cc(NC(=O)c2ccc3nc(N)sc3c2)n[nH]1. The fraction of sp³-hybridized carbons (Fsp3) is 0.0833. The van der Waals surface area contributed by atoms with Crippen molar-refractivity contribution in [1.29, 1.82) is 0 Å². The van der Waals surface area contributed by atoms with E-state index in [-0.39, 0.29) is 5.91 Å². The van der Waals surface area contributed by atoms with Gasteiger partial charge in [0, 0.05) is 17.3 Å². The Morgan fingerprint density at radius 3 is 3.00 bits per heavy atom. The normalized spacial score (nSPS) is 10.8. The first-order valence-electron chi connectivity index (χ1n) is 5.61. The first kappa shape index (κ1) is 11.7. The van der Waals surface area contributed by atoms with Crippen LogP contribution in [0, 0.1) is 6.92 Å². The summed E-state index contributed by atoms with van der Waals surface area (Å²) in [6.07, 6.45) is 0. The summed E-state index contributed by atoms with van der Waals surface area (Å²) in [6.45, 7) is 1.87. The third-order valence-corrected chi connectivity index (χ3v) is 3.46. The van der Waals surface area contributed by atoms with Gasteiger partial charge in [-0.15, -0.1) is 0 Å². The molecule has 0 fully saturated rings. The minimum absolute atomic E-state index is 0.208. The van der Waals surface area contributed by atoms with Gasteiger partial charge in [0.2, 0.25) is 0 Å². The van der Waals surface area contributed by atoms with Crippen molar-refractivity contribution in [2.24, 2.45) is 0 Å². The number of aromatic nitrogens is 3. The van der Waals surface area contributed by atoms with Crippen LogP contribution in [-0.4, -0.2) is 21.1 Å². The molecular formula is C12H11N5OS. The molecule has 4 N–H and O–H groups in total. The van der Waals surface area contributed by atoms with E-state index in [1.807, 2.05) is 6.92 Å². The van der Waals surface area contributed by atoms with E-state index < -0.39 is 0 Å². The number of carbonyl (C=O) groups is 1. The molecule has 0 aliphatic rings. The number of thiazole rings is 1. The van der Waals surface area contributed by atoms with E-state index in [1.54, 1.807) is 24.3 Å². The van der Waals surface area contributed by atoms with Crippen LogP contribution in [0.4, 0.5) is 10.9 Å². The van der Waals surface area contributed by atoms with Crippen molar-refractivity contribution in [2.75, 3.05) is 11.1 Å². The lowest BCUT2D eigenvalue weighted by Crippen LogP contribution is -2.11. The smallest absolute Gasteiger partial charge is 0.256 e. The average molecular weight is 273 g/mol. The predicted octanol–water partition coefficient (Wildman–Crippen LogP) is 2.16. The fourth-order valence-corrected chi connectivity index (χ4v) is 2.53. The molecule has 0 spiro atoms. The standard InChI is InChI=1S/C12H11N5OS/c1-6-4-10(17-16-6)15-11(18)7-2-3-8-9(5-7)19-12(13)14-8/h2-5H,1H3,(H2,13,14)(H2,15,16,17,18). The predicted molar refractivity (Wildman–Crippen MR) is 75.3 cm³/mol. The van der Waals surface area contributed by atoms with Crippen molar-refractivity contribution in [2.45, 2.75) is 6.92 Å². The van der Waals surface area contributed by atoms with Gasteiger partial charge in [-0.25, -0.2) is 4.98 Å². The number of H-pyrrole nitrogens is 1. The molecule has 19 heavy (non-hydrogen) atoms. The van der Waals surface area contributed by atoms with Crippen molar-refractivity contribution < 1.29 is 4.79 Å². The summed E-state index contributed by atoms with van der Waals surface area (Å²) < 4.78 is 0.892. The molecule has 0 aliphatic carbocycles. The fourth-order valence-electron chi connectivity index (χ4n) is 1.75. The molecule has 1 amide bonds. The number of nitrogens with one attached hydrogen (secondary N) is 2. The van der Waals surface area contributed by atoms with Crippen molar-refractivity contribution in [3.8, 4) is 0 Å². The van der Waals surface area contributed by atoms with Gasteiger partial charge in [-0.05, 0) is 25.1 Å². The summed E-state index contributed by atoms with van der Waals surface area (Å²) in [6, 6.07) is 7.04. The monoisotopic (exact) mass is 273 g/mol. The summed E-state index contributed by atoms with van der Waals surface area (Å²) in [5.41, 5.74) is 7.88. The molecule has 0 saturated carbocycles. The first-order chi connectivity index (χ1) is 9.11. The van der Waals surface area contributed by atoms with E-state index in [2.05, 4.69) is 20.5 Å². The number of nitrogens with two attached hydrogens (primary N) is 1. The zero-order chi connectivity index (χ0) is 13.4. The number of anilines is 2. The molecule has 96 valence electrons. The topological polar surface area (TPSA) is 96.7 Å². The Bertz CT molecular complexity index is 760. The van der Waals surface area contributed by atoms with Crippen LogP contribution in [0.15, 0.2) is 24.3 Å². The highest BCUT2D eigenvalue weighted by Crippen LogP contribution is 2.24. The van der Waals surface area contributed by atoms with Gasteiger partial charge in [0.05, 0.1) is 10.2 Å². The largest absolute Gasteiger partial charge is 0.375 e. The van der Waals surface area contributed by atoms with Gasteiger partial charge in [0.15, 0.2) is 10.9 Å². The van der Waals surface area contributed by atoms with E-state index in [0.29, 0.717) is 16.5 Å². The minimum Gasteiger partial charge on any atom is -0.375 e. The minimum atomic E-state index is -0.208. The molecule has 0 atom stereocenters. The Morgan fingerprint density at radius 1 is 1.42 bits per heavy atom. The number of fused-ring (bicyclic) bond motifs is 1. The highest BCUT2D eigenvalue weighted by Gasteiger charge is 2.10. The van der Waals surface area contributed by atoms with Crippen LogP contribution < -0.4 is 11.1 Å². The van der Waals surface area contributed by atoms with Gasteiger partial charge in [-0.3, -0.25) is 9.89 Å². The number of nitrogens with zero attached hydrogens (tertiary/aromatic N) is 2. The molecule has 0 unspecified atom stereocenters. The molecule has 0 saturated heterocycles. The van der Waals surface area contributed by atoms with Gasteiger partial charge in [-0.2, -0.15) is 5.10 Å². The maximum Gasteiger partial charge on any atom is 0.256 e. The van der Waals surface area contributed by atoms with Crippen LogP contribution in [0.25, 0.3) is 10.2 Å². The number of aryl methyl sites for hydroxylation is 1. The second-order valence-electron chi connectivity index (χ2n) is 4.12. The molecule has 2 heterocycles. The molecule has 0 radical (unpaired) electrons. The van der Waals surface area contributed by atoms with Gasteiger partial charge in [-0.1, -0.05) is 11.3 Å². The first-order valence-corrected chi connectivity index (χ1v) is 6.43. The molecule has 3 rings (SSSR count). The molecule has 7 heteroatoms. The quantitative estimate of drug-likeness (QED) is 0.666. The highest BCUT2D eigenvalue weighted by molar-refractivity contribution is 7.22. The Morgan fingerprint density at radius 2 is 2.26 bits per heavy atom. The Kier molecular flexibility index (Phi) is 2.68. The molecule has 3 aromatic rings. The number of aromatic amines is 1. The van der Waals surface area contributed by atoms with E-state index >= 15 is 0 Å². The zero-order valence-corrected chi connectivity index (χ0v) is 10.9. The number of hydrogen-bond donors (Lipinski definition) is 3. The Balaban J connectivity index is 1.88. The second kappa shape index (κ2) is 4.36. The molecule has 2 aromatic heterocycles. The van der Waals surface area contributed by atoms with Crippen molar-refractivity contribution in [3.05, 3.63) is 35.5 Å². The molecular weight excluding hydrogens is 262 g/mol. The molecule has 6 nitrogen and oxygen atoms in total. The maximum atomic E-state index is 12.1. The van der Waals surface area contributed by atoms with Crippen molar-refractivity contribution >= 4 is 38.4 Å². The van der Waals surface area contributed by atoms with Gasteiger partial charge in [0.1, 0.15) is 0 Å². The van der Waals surface area contributed by atoms with Crippen LogP contribution in [0.3, 0.4) is 0 Å². The lowest BCUT2D eigenvalue weighted by molar-refractivity contribution is 0.102. The van der Waals surface area contributed by atoms with E-state index in [4.69, 9.17) is 5.73 Å². The van der Waals surface area contributed by atoms with Crippen LogP contribution in [-0.2, 0) is 0 Å². The van der Waals surface area contributed by atoms with Gasteiger partial charge >= 0.3 is 0 Å². The Labute approximate surface area is 112 Å². The summed E-state index contributed by atoms with van der Waals surface area (Å²) in [7, 11) is 0. The highest BCUT2D eigenvalue weighted by atomic mass is 32.1. The van der Waals surface area contributed by atoms with E-state index in [9.17, 15) is 4.79 Å². The van der Waals surface area contributed by atoms with Crippen molar-refractivity contribution in [1.82, 2.24) is 15.2 Å². The summed E-state index contributed by atoms with van der Waals surface area (Å²) in [5, 5.41) is 9.95. The van der Waals surface area contributed by atoms with Crippen molar-refractivity contribution in [3.63, 3.8) is 0 Å². The van der Waals surface area contributed by atoms with Gasteiger partial charge in [0.25, 0.3) is 5.91 Å². The van der Waals surface area contributed by atoms with Crippen LogP contribution in [0.1, 0.15) is 16.1 Å². The number of amides is 1. The number of hydrogen-bond acceptors (Lipinski definition) is 5. The number of nitrogen functional groups attached to an aromatic ring is 1. The number of rotatable bonds is 2. The van der Waals surface area contributed by atoms with Crippen LogP contribution in [0.2, 0.25) is 0 Å². The van der Waals surface area contributed by atoms with E-state index in [1.165, 1.54) is 11.3 Å². The number of carbonyl (C=O) groups excluding carboxylic acids is 1. The molecule has 0 aliphatic heterocycles. The third kappa shape index (κ3) is 2.27.